The van der Waals surface area contributed by atoms with E-state index < -0.39 is 82.5 Å². The van der Waals surface area contributed by atoms with E-state index in [1.54, 1.807) is 13.0 Å². The molecule has 4 aliphatic rings. The lowest BCUT2D eigenvalue weighted by atomic mass is 9.44. The number of hydrogen-bond acceptors (Lipinski definition) is 13. The number of aliphatic hydroxyl groups is 3. The number of aliphatic hydroxyl groups excluding tert-OH is 2. The quantitative estimate of drug-likeness (QED) is 0.166. The van der Waals surface area contributed by atoms with Crippen molar-refractivity contribution in [2.75, 3.05) is 13.2 Å². The zero-order valence-electron chi connectivity index (χ0n) is 25.2. The van der Waals surface area contributed by atoms with Gasteiger partial charge in [-0.15, -0.1) is 0 Å². The molecule has 6 N–H and O–H groups in total. The smallest absolute Gasteiger partial charge is 0.413 e. The van der Waals surface area contributed by atoms with Gasteiger partial charge in [-0.05, 0) is 68.4 Å². The number of hydrogen-bond donors (Lipinski definition) is 6. The fourth-order valence-corrected chi connectivity index (χ4v) is 8.15. The average molecular weight is 649 g/mol. The van der Waals surface area contributed by atoms with Crippen LogP contribution in [0.25, 0.3) is 0 Å². The first-order valence-corrected chi connectivity index (χ1v) is 14.8. The van der Waals surface area contributed by atoms with Gasteiger partial charge in [0.2, 0.25) is 5.78 Å². The highest BCUT2D eigenvalue weighted by molar-refractivity contribution is 6.01. The number of ketones is 2. The topological polar surface area (TPSA) is 212 Å². The predicted molar refractivity (Wildman–Crippen MR) is 151 cm³/mol. The van der Waals surface area contributed by atoms with Crippen LogP contribution in [0.5, 0.6) is 5.75 Å². The van der Waals surface area contributed by atoms with E-state index in [1.165, 1.54) is 43.4 Å². The summed E-state index contributed by atoms with van der Waals surface area (Å²) in [5.41, 5.74) is -6.48. The van der Waals surface area contributed by atoms with Gasteiger partial charge in [0, 0.05) is 16.7 Å². The van der Waals surface area contributed by atoms with Crippen molar-refractivity contribution >= 4 is 23.6 Å². The molecule has 0 aromatic heterocycles. The number of allylic oxidation sites excluding steroid dienone is 4. The van der Waals surface area contributed by atoms with Gasteiger partial charge in [0.05, 0.1) is 24.2 Å². The summed E-state index contributed by atoms with van der Waals surface area (Å²) in [5, 5.41) is 53.2. The van der Waals surface area contributed by atoms with Crippen molar-refractivity contribution < 1.29 is 63.6 Å². The Labute approximate surface area is 262 Å². The Morgan fingerprint density at radius 2 is 1.87 bits per heavy atom. The molecule has 4 aliphatic carbocycles. The van der Waals surface area contributed by atoms with E-state index in [4.69, 9.17) is 19.9 Å². The van der Waals surface area contributed by atoms with E-state index in [2.05, 4.69) is 10.2 Å². The molecule has 0 bridgehead atoms. The number of fused-ring (bicyclic) bond motifs is 5. The summed E-state index contributed by atoms with van der Waals surface area (Å²) in [7, 11) is 0. The van der Waals surface area contributed by atoms with Crippen molar-refractivity contribution in [3.05, 3.63) is 53.6 Å². The van der Waals surface area contributed by atoms with Gasteiger partial charge < -0.3 is 30.1 Å². The second kappa shape index (κ2) is 12.2. The summed E-state index contributed by atoms with van der Waals surface area (Å²) >= 11 is 0. The zero-order chi connectivity index (χ0) is 33.7. The minimum absolute atomic E-state index is 0.0454. The van der Waals surface area contributed by atoms with Gasteiger partial charge in [0.15, 0.2) is 23.7 Å². The molecule has 0 spiro atoms. The monoisotopic (exact) mass is 648 g/mol. The number of Topliss-reactive ketones (excluding diaryl/α,β-unsaturated/α-hetero) is 1. The minimum Gasteiger partial charge on any atom is -0.456 e. The first-order valence-electron chi connectivity index (χ1n) is 14.8. The minimum atomic E-state index is -2.47. The zero-order valence-corrected chi connectivity index (χ0v) is 25.2. The third-order valence-corrected chi connectivity index (χ3v) is 10.5. The van der Waals surface area contributed by atoms with Gasteiger partial charge in [-0.1, -0.05) is 30.7 Å². The first-order chi connectivity index (χ1) is 21.6. The standard InChI is InChI=1S/C31H37FN2O12/c1-28-9-8-19(35)11-18(28)6-7-21-22-12-23(36)31(41,29(22,2)13-24(37)30(21,28)32)25(38)16-44-26(39)14-33-27(40)46-20-5-3-4-17(10-20)15-45-34(42)43/h3-5,8-11,21-24,36-37,41-43H,6-7,12-16H2,1-2H3,(H,33,40)/t21-,22-,23+,24-,28-,29-,30-,31-/m0/s1. The Hall–Kier alpha value is -3.57. The lowest BCUT2D eigenvalue weighted by Gasteiger charge is -2.62. The van der Waals surface area contributed by atoms with Gasteiger partial charge in [0.25, 0.3) is 0 Å². The van der Waals surface area contributed by atoms with Crippen LogP contribution in [0.15, 0.2) is 48.1 Å². The maximum absolute atomic E-state index is 17.2. The first kappa shape index (κ1) is 33.8. The molecule has 0 aliphatic heterocycles. The molecule has 250 valence electrons. The van der Waals surface area contributed by atoms with Crippen molar-refractivity contribution in [3.8, 4) is 5.75 Å². The maximum Gasteiger partial charge on any atom is 0.413 e. The Kier molecular flexibility index (Phi) is 8.98. The number of carbonyl (C=O) groups is 4. The fourth-order valence-electron chi connectivity index (χ4n) is 8.15. The second-order valence-electron chi connectivity index (χ2n) is 12.8. The molecule has 0 heterocycles. The third-order valence-electron chi connectivity index (χ3n) is 10.5. The largest absolute Gasteiger partial charge is 0.456 e. The molecular formula is C31H37FN2O12. The van der Waals surface area contributed by atoms with Crippen molar-refractivity contribution in [1.29, 1.82) is 0 Å². The highest BCUT2D eigenvalue weighted by Crippen LogP contribution is 2.69. The highest BCUT2D eigenvalue weighted by atomic mass is 19.1. The Morgan fingerprint density at radius 1 is 1.13 bits per heavy atom. The molecule has 0 unspecified atom stereocenters. The van der Waals surface area contributed by atoms with Crippen LogP contribution < -0.4 is 10.1 Å². The summed E-state index contributed by atoms with van der Waals surface area (Å²) in [6.45, 7) is 1.22. The van der Waals surface area contributed by atoms with Crippen LogP contribution in [-0.2, 0) is 30.6 Å². The Bertz CT molecular complexity index is 1480. The molecule has 1 amide bonds. The summed E-state index contributed by atoms with van der Waals surface area (Å²) in [6.07, 6.45) is -0.102. The number of amides is 1. The summed E-state index contributed by atoms with van der Waals surface area (Å²) in [4.78, 5) is 54.5. The lowest BCUT2D eigenvalue weighted by molar-refractivity contribution is -0.497. The third kappa shape index (κ3) is 5.45. The van der Waals surface area contributed by atoms with E-state index in [0.717, 1.165) is 0 Å². The highest BCUT2D eigenvalue weighted by Gasteiger charge is 2.76. The lowest BCUT2D eigenvalue weighted by Crippen LogP contribution is -2.69. The molecule has 15 heteroatoms. The van der Waals surface area contributed by atoms with Crippen molar-refractivity contribution in [3.63, 3.8) is 0 Å². The van der Waals surface area contributed by atoms with Gasteiger partial charge in [-0.2, -0.15) is 0 Å². The number of benzene rings is 1. The van der Waals surface area contributed by atoms with Gasteiger partial charge >= 0.3 is 12.1 Å². The number of ether oxygens (including phenoxy) is 2. The molecule has 14 nitrogen and oxygen atoms in total. The number of rotatable bonds is 9. The Morgan fingerprint density at radius 3 is 2.59 bits per heavy atom. The van der Waals surface area contributed by atoms with Crippen molar-refractivity contribution in [2.45, 2.75) is 69.6 Å². The normalized spacial score (nSPS) is 36.3. The molecule has 5 rings (SSSR count). The summed E-state index contributed by atoms with van der Waals surface area (Å²) < 4.78 is 27.3. The molecule has 8 atom stereocenters. The molecule has 3 saturated carbocycles. The fraction of sp³-hybridized carbons (Fsp3) is 0.548. The molecule has 1 aromatic carbocycles. The van der Waals surface area contributed by atoms with Crippen LogP contribution in [0.1, 0.15) is 45.1 Å². The van der Waals surface area contributed by atoms with E-state index in [0.29, 0.717) is 17.6 Å². The number of halogens is 1. The van der Waals surface area contributed by atoms with Gasteiger partial charge in [-0.3, -0.25) is 24.8 Å². The van der Waals surface area contributed by atoms with Gasteiger partial charge in [-0.25, -0.2) is 14.0 Å². The van der Waals surface area contributed by atoms with Crippen LogP contribution >= 0.6 is 0 Å². The molecule has 3 fully saturated rings. The predicted octanol–water partition coefficient (Wildman–Crippen LogP) is 1.47. The van der Waals surface area contributed by atoms with Crippen LogP contribution in [0.2, 0.25) is 0 Å². The van der Waals surface area contributed by atoms with Crippen molar-refractivity contribution in [1.82, 2.24) is 10.7 Å². The van der Waals surface area contributed by atoms with Crippen LogP contribution in [0.3, 0.4) is 0 Å². The van der Waals surface area contributed by atoms with Crippen LogP contribution in [0.4, 0.5) is 9.18 Å². The van der Waals surface area contributed by atoms with Crippen LogP contribution in [0, 0.1) is 22.7 Å². The van der Waals surface area contributed by atoms with E-state index in [9.17, 15) is 34.5 Å². The number of nitrogens with zero attached hydrogens (tertiary/aromatic N) is 1. The maximum atomic E-state index is 17.2. The van der Waals surface area contributed by atoms with Gasteiger partial charge in [0.1, 0.15) is 12.3 Å². The molecular weight excluding hydrogens is 611 g/mol. The second-order valence-corrected chi connectivity index (χ2v) is 12.8. The number of esters is 1. The number of nitrogens with one attached hydrogen (secondary N) is 1. The SMILES string of the molecule is C[C@]12C=CC(=O)C=C1CC[C@H]1[C@@H]3C[C@@H](O)[C@](O)(C(=O)COC(=O)CNC(=O)Oc4cccc(CON(O)O)c4)[C@@]3(C)C[C@H](O)[C@@]12F. The van der Waals surface area contributed by atoms with Crippen molar-refractivity contribution in [2.24, 2.45) is 22.7 Å². The van der Waals surface area contributed by atoms with E-state index in [-0.39, 0.29) is 37.4 Å². The van der Waals surface area contributed by atoms with E-state index >= 15 is 4.39 Å². The molecule has 0 saturated heterocycles. The number of carbonyl (C=O) groups excluding carboxylic acids is 4. The Balaban J connectivity index is 1.21. The summed E-state index contributed by atoms with van der Waals surface area (Å²) in [6, 6.07) is 5.85. The average Bonchev–Trinajstić information content (AvgIpc) is 3.20. The summed E-state index contributed by atoms with van der Waals surface area (Å²) in [5.74, 6) is -3.89. The van der Waals surface area contributed by atoms with Crippen LogP contribution in [-0.4, -0.2) is 91.4 Å². The van der Waals surface area contributed by atoms with E-state index in [1.807, 2.05) is 0 Å². The molecule has 0 radical (unpaired) electrons. The number of alkyl halides is 1. The molecule has 1 aromatic rings. The molecule has 46 heavy (non-hydrogen) atoms.